The van der Waals surface area contributed by atoms with Crippen LogP contribution in [0.1, 0.15) is 44.6 Å². The molecule has 0 radical (unpaired) electrons. The summed E-state index contributed by atoms with van der Waals surface area (Å²) < 4.78 is 0. The highest BCUT2D eigenvalue weighted by atomic mass is 16.3. The van der Waals surface area contributed by atoms with Crippen molar-refractivity contribution in [3.63, 3.8) is 0 Å². The van der Waals surface area contributed by atoms with E-state index in [2.05, 4.69) is 42.6 Å². The third-order valence-electron chi connectivity index (χ3n) is 4.35. The Kier molecular flexibility index (Phi) is 5.87. The van der Waals surface area contributed by atoms with Gasteiger partial charge in [0.15, 0.2) is 0 Å². The second-order valence-electron chi connectivity index (χ2n) is 5.93. The Bertz CT molecular complexity index is 352. The molecule has 0 aliphatic heterocycles. The Morgan fingerprint density at radius 2 is 1.95 bits per heavy atom. The van der Waals surface area contributed by atoms with Crippen molar-refractivity contribution in [2.45, 2.75) is 57.5 Å². The summed E-state index contributed by atoms with van der Waals surface area (Å²) in [5.41, 5.74) is 1.42. The molecule has 19 heavy (non-hydrogen) atoms. The van der Waals surface area contributed by atoms with Gasteiger partial charge in [0.05, 0.1) is 0 Å². The summed E-state index contributed by atoms with van der Waals surface area (Å²) >= 11 is 0. The maximum atomic E-state index is 9.44. The largest absolute Gasteiger partial charge is 0.396 e. The van der Waals surface area contributed by atoms with E-state index in [4.69, 9.17) is 0 Å². The van der Waals surface area contributed by atoms with Crippen LogP contribution in [-0.4, -0.2) is 23.8 Å². The molecular formula is C17H27NO. The summed E-state index contributed by atoms with van der Waals surface area (Å²) in [5, 5.41) is 13.2. The predicted molar refractivity (Wildman–Crippen MR) is 80.2 cm³/mol. The Morgan fingerprint density at radius 3 is 2.68 bits per heavy atom. The average molecular weight is 261 g/mol. The molecule has 3 unspecified atom stereocenters. The number of hydrogen-bond donors (Lipinski definition) is 2. The number of benzene rings is 1. The van der Waals surface area contributed by atoms with Crippen molar-refractivity contribution in [2.75, 3.05) is 6.61 Å². The monoisotopic (exact) mass is 261 g/mol. The molecule has 0 saturated heterocycles. The van der Waals surface area contributed by atoms with Crippen LogP contribution in [-0.2, 0) is 6.42 Å². The molecular weight excluding hydrogens is 234 g/mol. The van der Waals surface area contributed by atoms with Crippen LogP contribution < -0.4 is 5.32 Å². The van der Waals surface area contributed by atoms with Gasteiger partial charge in [-0.3, -0.25) is 0 Å². The molecule has 106 valence electrons. The molecule has 3 atom stereocenters. The normalized spacial score (nSPS) is 25.2. The molecule has 1 aromatic carbocycles. The molecule has 1 saturated carbocycles. The molecule has 2 heteroatoms. The first-order chi connectivity index (χ1) is 9.29. The van der Waals surface area contributed by atoms with E-state index >= 15 is 0 Å². The Morgan fingerprint density at radius 1 is 1.21 bits per heavy atom. The molecule has 1 aliphatic rings. The third kappa shape index (κ3) is 4.63. The Hall–Kier alpha value is -0.860. The van der Waals surface area contributed by atoms with Gasteiger partial charge in [-0.1, -0.05) is 43.2 Å². The topological polar surface area (TPSA) is 32.3 Å². The van der Waals surface area contributed by atoms with E-state index in [1.165, 1.54) is 37.7 Å². The first-order valence-corrected chi connectivity index (χ1v) is 7.70. The lowest BCUT2D eigenvalue weighted by Crippen LogP contribution is -2.44. The first-order valence-electron chi connectivity index (χ1n) is 7.70. The molecule has 0 amide bonds. The van der Waals surface area contributed by atoms with E-state index in [-0.39, 0.29) is 0 Å². The van der Waals surface area contributed by atoms with Crippen molar-refractivity contribution in [1.29, 1.82) is 0 Å². The number of rotatable bonds is 6. The zero-order valence-electron chi connectivity index (χ0n) is 12.0. The summed E-state index contributed by atoms with van der Waals surface area (Å²) in [6.45, 7) is 2.61. The van der Waals surface area contributed by atoms with Crippen molar-refractivity contribution < 1.29 is 5.11 Å². The zero-order valence-corrected chi connectivity index (χ0v) is 12.0. The molecule has 2 nitrogen and oxygen atoms in total. The maximum Gasteiger partial charge on any atom is 0.0474 e. The highest BCUT2D eigenvalue weighted by molar-refractivity contribution is 5.14. The van der Waals surface area contributed by atoms with Gasteiger partial charge in [0, 0.05) is 18.7 Å². The highest BCUT2D eigenvalue weighted by Crippen LogP contribution is 2.24. The van der Waals surface area contributed by atoms with Crippen LogP contribution in [0, 0.1) is 5.92 Å². The number of aliphatic hydroxyl groups is 1. The fourth-order valence-electron chi connectivity index (χ4n) is 3.12. The molecule has 0 aromatic heterocycles. The van der Waals surface area contributed by atoms with Crippen LogP contribution in [0.2, 0.25) is 0 Å². The quantitative estimate of drug-likeness (QED) is 0.824. The summed E-state index contributed by atoms with van der Waals surface area (Å²) in [6, 6.07) is 11.7. The fraction of sp³-hybridized carbons (Fsp3) is 0.647. The van der Waals surface area contributed by atoms with Gasteiger partial charge >= 0.3 is 0 Å². The second kappa shape index (κ2) is 7.66. The van der Waals surface area contributed by atoms with Gasteiger partial charge in [0.2, 0.25) is 0 Å². The molecule has 2 rings (SSSR count). The molecule has 2 N–H and O–H groups in total. The van der Waals surface area contributed by atoms with E-state index in [0.29, 0.717) is 24.6 Å². The van der Waals surface area contributed by atoms with Crippen LogP contribution in [0.15, 0.2) is 30.3 Å². The van der Waals surface area contributed by atoms with Crippen molar-refractivity contribution in [3.05, 3.63) is 35.9 Å². The predicted octanol–water partition coefficient (Wildman–Crippen LogP) is 3.15. The van der Waals surface area contributed by atoms with Gasteiger partial charge in [0.1, 0.15) is 0 Å². The standard InChI is InChI=1S/C17H27NO/c1-14(11-12-15-7-3-2-4-8-15)18-17-10-6-5-9-16(17)13-19/h2-4,7-8,14,16-19H,5-6,9-13H2,1H3. The SMILES string of the molecule is CC(CCc1ccccc1)NC1CCCCC1CO. The molecule has 1 aliphatic carbocycles. The maximum absolute atomic E-state index is 9.44. The Labute approximate surface area is 117 Å². The van der Waals surface area contributed by atoms with E-state index < -0.39 is 0 Å². The van der Waals surface area contributed by atoms with Crippen LogP contribution >= 0.6 is 0 Å². The van der Waals surface area contributed by atoms with Gasteiger partial charge in [-0.25, -0.2) is 0 Å². The molecule has 0 bridgehead atoms. The van der Waals surface area contributed by atoms with E-state index in [0.717, 1.165) is 6.42 Å². The van der Waals surface area contributed by atoms with Crippen molar-refractivity contribution in [3.8, 4) is 0 Å². The number of aryl methyl sites for hydroxylation is 1. The van der Waals surface area contributed by atoms with Crippen LogP contribution in [0.25, 0.3) is 0 Å². The third-order valence-corrected chi connectivity index (χ3v) is 4.35. The molecule has 0 heterocycles. The fourth-order valence-corrected chi connectivity index (χ4v) is 3.12. The van der Waals surface area contributed by atoms with Crippen molar-refractivity contribution in [2.24, 2.45) is 5.92 Å². The number of nitrogens with one attached hydrogen (secondary N) is 1. The lowest BCUT2D eigenvalue weighted by Gasteiger charge is -2.33. The van der Waals surface area contributed by atoms with E-state index in [1.807, 2.05) is 0 Å². The van der Waals surface area contributed by atoms with Gasteiger partial charge in [-0.15, -0.1) is 0 Å². The lowest BCUT2D eigenvalue weighted by molar-refractivity contribution is 0.146. The van der Waals surface area contributed by atoms with Gasteiger partial charge in [-0.2, -0.15) is 0 Å². The van der Waals surface area contributed by atoms with Crippen LogP contribution in [0.3, 0.4) is 0 Å². The second-order valence-corrected chi connectivity index (χ2v) is 5.93. The summed E-state index contributed by atoms with van der Waals surface area (Å²) in [4.78, 5) is 0. The summed E-state index contributed by atoms with van der Waals surface area (Å²) in [5.74, 6) is 0.466. The van der Waals surface area contributed by atoms with Gasteiger partial charge in [0.25, 0.3) is 0 Å². The number of aliphatic hydroxyl groups excluding tert-OH is 1. The minimum absolute atomic E-state index is 0.336. The van der Waals surface area contributed by atoms with E-state index in [9.17, 15) is 5.11 Å². The summed E-state index contributed by atoms with van der Waals surface area (Å²) in [6.07, 6.45) is 7.28. The zero-order chi connectivity index (χ0) is 13.5. The van der Waals surface area contributed by atoms with Crippen molar-refractivity contribution >= 4 is 0 Å². The molecule has 1 fully saturated rings. The molecule has 0 spiro atoms. The van der Waals surface area contributed by atoms with Gasteiger partial charge < -0.3 is 10.4 Å². The van der Waals surface area contributed by atoms with E-state index in [1.54, 1.807) is 0 Å². The minimum Gasteiger partial charge on any atom is -0.396 e. The summed E-state index contributed by atoms with van der Waals surface area (Å²) in [7, 11) is 0. The van der Waals surface area contributed by atoms with Crippen molar-refractivity contribution in [1.82, 2.24) is 5.32 Å². The lowest BCUT2D eigenvalue weighted by atomic mass is 9.84. The van der Waals surface area contributed by atoms with Crippen LogP contribution in [0.5, 0.6) is 0 Å². The number of hydrogen-bond acceptors (Lipinski definition) is 2. The molecule has 1 aromatic rings. The van der Waals surface area contributed by atoms with Crippen LogP contribution in [0.4, 0.5) is 0 Å². The highest BCUT2D eigenvalue weighted by Gasteiger charge is 2.25. The van der Waals surface area contributed by atoms with Gasteiger partial charge in [-0.05, 0) is 44.1 Å². The average Bonchev–Trinajstić information content (AvgIpc) is 2.47. The smallest absolute Gasteiger partial charge is 0.0474 e. The Balaban J connectivity index is 1.75. The first kappa shape index (κ1) is 14.5. The minimum atomic E-state index is 0.336.